The van der Waals surface area contributed by atoms with E-state index in [1.54, 1.807) is 0 Å². The molecule has 3 nitrogen and oxygen atoms in total. The molecule has 1 rings (SSSR count). The summed E-state index contributed by atoms with van der Waals surface area (Å²) in [7, 11) is 0. The molecule has 1 fully saturated rings. The van der Waals surface area contributed by atoms with E-state index in [0.29, 0.717) is 13.0 Å². The van der Waals surface area contributed by atoms with Gasteiger partial charge in [-0.1, -0.05) is 0 Å². The monoisotopic (exact) mass is 211 g/mol. The van der Waals surface area contributed by atoms with E-state index in [0.717, 1.165) is 4.90 Å². The number of aliphatic hydroxyl groups excluding tert-OH is 1. The maximum absolute atomic E-state index is 12.3. The van der Waals surface area contributed by atoms with E-state index in [2.05, 4.69) is 0 Å². The summed E-state index contributed by atoms with van der Waals surface area (Å²) in [4.78, 5) is 12.0. The van der Waals surface area contributed by atoms with Crippen LogP contribution in [0.1, 0.15) is 12.8 Å². The molecule has 0 aromatic carbocycles. The van der Waals surface area contributed by atoms with Crippen LogP contribution in [0.4, 0.5) is 13.2 Å². The van der Waals surface area contributed by atoms with Crippen LogP contribution in [0.5, 0.6) is 0 Å². The Morgan fingerprint density at radius 2 is 2.14 bits per heavy atom. The van der Waals surface area contributed by atoms with Gasteiger partial charge < -0.3 is 10.0 Å². The number of halogens is 3. The smallest absolute Gasteiger partial charge is 0.387 e. The van der Waals surface area contributed by atoms with Crippen molar-refractivity contribution in [3.05, 3.63) is 0 Å². The Bertz CT molecular complexity index is 217. The summed E-state index contributed by atoms with van der Waals surface area (Å²) in [5.74, 6) is -2.06. The fraction of sp³-hybridized carbons (Fsp3) is 0.875. The highest BCUT2D eigenvalue weighted by molar-refractivity contribution is 5.77. The Morgan fingerprint density at radius 1 is 1.50 bits per heavy atom. The van der Waals surface area contributed by atoms with Crippen LogP contribution in [0.3, 0.4) is 0 Å². The molecule has 1 amide bonds. The second-order valence-corrected chi connectivity index (χ2v) is 3.38. The van der Waals surface area contributed by atoms with Crippen molar-refractivity contribution in [3.63, 3.8) is 0 Å². The van der Waals surface area contributed by atoms with E-state index in [-0.39, 0.29) is 13.0 Å². The fourth-order valence-corrected chi connectivity index (χ4v) is 1.57. The average Bonchev–Trinajstić information content (AvgIpc) is 2.15. The molecule has 0 spiro atoms. The second kappa shape index (κ2) is 4.16. The number of carbonyl (C=O) groups excluding carboxylic acids is 1. The molecule has 1 N–H and O–H groups in total. The first-order valence-electron chi connectivity index (χ1n) is 4.40. The minimum absolute atomic E-state index is 0.0682. The molecule has 82 valence electrons. The van der Waals surface area contributed by atoms with E-state index in [1.807, 2.05) is 0 Å². The summed E-state index contributed by atoms with van der Waals surface area (Å²) in [6.45, 7) is -0.723. The van der Waals surface area contributed by atoms with Crippen molar-refractivity contribution in [1.82, 2.24) is 4.90 Å². The van der Waals surface area contributed by atoms with Crippen molar-refractivity contribution in [1.29, 1.82) is 0 Å². The van der Waals surface area contributed by atoms with Gasteiger partial charge in [-0.05, 0) is 12.8 Å². The lowest BCUT2D eigenvalue weighted by Crippen LogP contribution is -2.45. The second-order valence-electron chi connectivity index (χ2n) is 3.38. The molecule has 0 radical (unpaired) electrons. The zero-order valence-corrected chi connectivity index (χ0v) is 7.55. The van der Waals surface area contributed by atoms with Gasteiger partial charge in [0.2, 0.25) is 5.91 Å². The number of alkyl halides is 3. The zero-order valence-electron chi connectivity index (χ0n) is 7.55. The maximum atomic E-state index is 12.3. The third kappa shape index (κ3) is 2.60. The van der Waals surface area contributed by atoms with Gasteiger partial charge in [0.05, 0.1) is 5.92 Å². The van der Waals surface area contributed by atoms with Crippen LogP contribution < -0.4 is 0 Å². The van der Waals surface area contributed by atoms with E-state index < -0.39 is 24.6 Å². The molecule has 0 aliphatic carbocycles. The number of aliphatic hydroxyl groups is 1. The Kier molecular flexibility index (Phi) is 3.36. The number of likely N-dealkylation sites (tertiary alicyclic amines) is 1. The first-order valence-corrected chi connectivity index (χ1v) is 4.40. The molecule has 1 saturated heterocycles. The molecule has 1 atom stereocenters. The van der Waals surface area contributed by atoms with Crippen LogP contribution in [-0.4, -0.2) is 41.8 Å². The van der Waals surface area contributed by atoms with Gasteiger partial charge in [-0.15, -0.1) is 0 Å². The molecule has 1 heterocycles. The van der Waals surface area contributed by atoms with Crippen LogP contribution in [0.25, 0.3) is 0 Å². The largest absolute Gasteiger partial charge is 0.393 e. The fourth-order valence-electron chi connectivity index (χ4n) is 1.57. The van der Waals surface area contributed by atoms with Crippen molar-refractivity contribution in [3.8, 4) is 0 Å². The molecule has 0 saturated carbocycles. The Balaban J connectivity index is 2.56. The number of hydrogen-bond acceptors (Lipinski definition) is 2. The van der Waals surface area contributed by atoms with Crippen molar-refractivity contribution in [2.24, 2.45) is 5.92 Å². The zero-order chi connectivity index (χ0) is 10.8. The summed E-state index contributed by atoms with van der Waals surface area (Å²) >= 11 is 0. The van der Waals surface area contributed by atoms with E-state index in [9.17, 15) is 18.0 Å². The van der Waals surface area contributed by atoms with Crippen molar-refractivity contribution in [2.75, 3.05) is 19.7 Å². The molecule has 1 aliphatic rings. The van der Waals surface area contributed by atoms with E-state index in [4.69, 9.17) is 5.11 Å². The normalized spacial score (nSPS) is 23.7. The lowest BCUT2D eigenvalue weighted by molar-refractivity contribution is -0.188. The van der Waals surface area contributed by atoms with Gasteiger partial charge in [0.1, 0.15) is 6.61 Å². The third-order valence-electron chi connectivity index (χ3n) is 2.37. The van der Waals surface area contributed by atoms with Crippen LogP contribution >= 0.6 is 0 Å². The summed E-state index contributed by atoms with van der Waals surface area (Å²) in [6.07, 6.45) is -3.83. The minimum Gasteiger partial charge on any atom is -0.387 e. The maximum Gasteiger partial charge on any atom is 0.393 e. The highest BCUT2D eigenvalue weighted by atomic mass is 19.4. The van der Waals surface area contributed by atoms with Gasteiger partial charge >= 0.3 is 6.18 Å². The number of hydrogen-bond donors (Lipinski definition) is 1. The molecule has 0 aromatic heterocycles. The lowest BCUT2D eigenvalue weighted by Gasteiger charge is -2.33. The molecular formula is C8H12F3NO2. The Labute approximate surface area is 79.5 Å². The first-order chi connectivity index (χ1) is 6.45. The number of amides is 1. The number of carbonyl (C=O) groups is 1. The standard InChI is InChI=1S/C8H12F3NO2/c9-8(10,11)6-2-1-3-12(4-6)7(14)5-13/h6,13H,1-5H2. The van der Waals surface area contributed by atoms with Gasteiger partial charge in [0.25, 0.3) is 0 Å². The SMILES string of the molecule is O=C(CO)N1CCCC(C(F)(F)F)C1. The van der Waals surface area contributed by atoms with Gasteiger partial charge in [0.15, 0.2) is 0 Å². The molecule has 0 aromatic rings. The van der Waals surface area contributed by atoms with Gasteiger partial charge in [-0.3, -0.25) is 4.79 Å². The van der Waals surface area contributed by atoms with Crippen molar-refractivity contribution >= 4 is 5.91 Å². The predicted octanol–water partition coefficient (Wildman–Crippen LogP) is 0.780. The van der Waals surface area contributed by atoms with E-state index in [1.165, 1.54) is 0 Å². The number of rotatable bonds is 1. The Morgan fingerprint density at radius 3 is 2.64 bits per heavy atom. The summed E-state index contributed by atoms with van der Waals surface area (Å²) in [5, 5.41) is 8.50. The lowest BCUT2D eigenvalue weighted by atomic mass is 9.97. The van der Waals surface area contributed by atoms with Gasteiger partial charge in [-0.2, -0.15) is 13.2 Å². The summed E-state index contributed by atoms with van der Waals surface area (Å²) < 4.78 is 36.8. The quantitative estimate of drug-likeness (QED) is 0.696. The Hall–Kier alpha value is -0.780. The van der Waals surface area contributed by atoms with Gasteiger partial charge in [-0.25, -0.2) is 0 Å². The minimum atomic E-state index is -4.24. The highest BCUT2D eigenvalue weighted by Gasteiger charge is 2.42. The third-order valence-corrected chi connectivity index (χ3v) is 2.37. The van der Waals surface area contributed by atoms with Crippen LogP contribution in [0.15, 0.2) is 0 Å². The van der Waals surface area contributed by atoms with Crippen LogP contribution in [0.2, 0.25) is 0 Å². The number of nitrogens with zero attached hydrogens (tertiary/aromatic N) is 1. The topological polar surface area (TPSA) is 40.5 Å². The van der Waals surface area contributed by atoms with E-state index >= 15 is 0 Å². The summed E-state index contributed by atoms with van der Waals surface area (Å²) in [6, 6.07) is 0. The highest BCUT2D eigenvalue weighted by Crippen LogP contribution is 2.32. The number of piperidine rings is 1. The summed E-state index contributed by atoms with van der Waals surface area (Å²) in [5.41, 5.74) is 0. The molecule has 1 aliphatic heterocycles. The molecule has 14 heavy (non-hydrogen) atoms. The molecule has 6 heteroatoms. The predicted molar refractivity (Wildman–Crippen MR) is 42.4 cm³/mol. The van der Waals surface area contributed by atoms with Crippen LogP contribution in [0, 0.1) is 5.92 Å². The van der Waals surface area contributed by atoms with Gasteiger partial charge in [0, 0.05) is 13.1 Å². The first kappa shape index (κ1) is 11.3. The molecule has 0 bridgehead atoms. The molecular weight excluding hydrogens is 199 g/mol. The molecule has 1 unspecified atom stereocenters. The van der Waals surface area contributed by atoms with Crippen LogP contribution in [-0.2, 0) is 4.79 Å². The van der Waals surface area contributed by atoms with Crippen molar-refractivity contribution < 1.29 is 23.1 Å². The average molecular weight is 211 g/mol. The van der Waals surface area contributed by atoms with Crippen molar-refractivity contribution in [2.45, 2.75) is 19.0 Å².